The van der Waals surface area contributed by atoms with E-state index >= 15 is 0 Å². The number of furan rings is 1. The number of hydrogen-bond acceptors (Lipinski definition) is 6. The summed E-state index contributed by atoms with van der Waals surface area (Å²) >= 11 is 3.00. The van der Waals surface area contributed by atoms with Crippen molar-refractivity contribution in [2.75, 3.05) is 12.4 Å². The van der Waals surface area contributed by atoms with Crippen LogP contribution < -0.4 is 5.32 Å². The molecule has 3 aromatic heterocycles. The normalized spacial score (nSPS) is 11.1. The van der Waals surface area contributed by atoms with Crippen LogP contribution in [0.3, 0.4) is 0 Å². The number of para-hydroxylation sites is 1. The zero-order valence-electron chi connectivity index (χ0n) is 13.3. The first-order chi connectivity index (χ1) is 12.3. The molecule has 126 valence electrons. The Morgan fingerprint density at radius 2 is 2.12 bits per heavy atom. The van der Waals surface area contributed by atoms with Crippen LogP contribution in [0.2, 0.25) is 0 Å². The molecule has 1 N–H and O–H groups in total. The molecule has 5 nitrogen and oxygen atoms in total. The highest BCUT2D eigenvalue weighted by molar-refractivity contribution is 7.16. The lowest BCUT2D eigenvalue weighted by molar-refractivity contribution is 0.0992. The molecule has 0 unspecified atom stereocenters. The van der Waals surface area contributed by atoms with Crippen molar-refractivity contribution in [1.29, 1.82) is 0 Å². The van der Waals surface area contributed by atoms with Crippen molar-refractivity contribution in [3.8, 4) is 10.6 Å². The van der Waals surface area contributed by atoms with Crippen LogP contribution in [-0.2, 0) is 11.3 Å². The highest BCUT2D eigenvalue weighted by Gasteiger charge is 2.21. The number of nitrogens with one attached hydrogen (secondary N) is 1. The number of hydrogen-bond donors (Lipinski definition) is 1. The van der Waals surface area contributed by atoms with E-state index in [9.17, 15) is 4.79 Å². The van der Waals surface area contributed by atoms with Gasteiger partial charge < -0.3 is 9.15 Å². The number of carbonyl (C=O) groups is 1. The molecule has 25 heavy (non-hydrogen) atoms. The van der Waals surface area contributed by atoms with E-state index in [-0.39, 0.29) is 11.7 Å². The van der Waals surface area contributed by atoms with E-state index < -0.39 is 0 Å². The number of anilines is 1. The minimum absolute atomic E-state index is 0.260. The molecule has 4 aromatic rings. The first kappa shape index (κ1) is 16.0. The molecule has 0 bridgehead atoms. The number of aromatic nitrogens is 1. The molecule has 1 aromatic carbocycles. The minimum atomic E-state index is -0.324. The summed E-state index contributed by atoms with van der Waals surface area (Å²) in [4.78, 5) is 18.2. The summed E-state index contributed by atoms with van der Waals surface area (Å²) in [6, 6.07) is 11.5. The van der Waals surface area contributed by atoms with Gasteiger partial charge in [0.2, 0.25) is 0 Å². The molecule has 0 aliphatic rings. The lowest BCUT2D eigenvalue weighted by atomic mass is 10.1. The third-order valence-corrected chi connectivity index (χ3v) is 5.34. The van der Waals surface area contributed by atoms with Crippen LogP contribution in [0.5, 0.6) is 0 Å². The van der Waals surface area contributed by atoms with Gasteiger partial charge in [-0.2, -0.15) is 0 Å². The van der Waals surface area contributed by atoms with E-state index in [0.717, 1.165) is 21.5 Å². The lowest BCUT2D eigenvalue weighted by Crippen LogP contribution is -2.13. The third kappa shape index (κ3) is 3.09. The predicted octanol–water partition coefficient (Wildman–Crippen LogP) is 5.02. The van der Waals surface area contributed by atoms with Crippen LogP contribution in [0.4, 0.5) is 5.13 Å². The van der Waals surface area contributed by atoms with Gasteiger partial charge in [0.05, 0.1) is 17.2 Å². The first-order valence-corrected chi connectivity index (χ1v) is 9.32. The summed E-state index contributed by atoms with van der Waals surface area (Å²) in [5, 5.41) is 8.17. The zero-order chi connectivity index (χ0) is 17.2. The summed E-state index contributed by atoms with van der Waals surface area (Å²) in [6.07, 6.45) is 0. The van der Waals surface area contributed by atoms with E-state index in [1.54, 1.807) is 18.4 Å². The molecule has 0 aliphatic heterocycles. The molecule has 0 saturated carbocycles. The van der Waals surface area contributed by atoms with E-state index in [2.05, 4.69) is 10.3 Å². The Balaban J connectivity index is 1.63. The van der Waals surface area contributed by atoms with Gasteiger partial charge in [-0.25, -0.2) is 4.98 Å². The standard InChI is InChI=1S/C18H14N2O3S2/c1-22-9-12-11-5-2-3-6-14(11)23-16(12)17(21)20-18-19-13(10-25-18)15-7-4-8-24-15/h2-8,10H,9H2,1H3,(H,19,20,21). The number of methoxy groups -OCH3 is 1. The summed E-state index contributed by atoms with van der Waals surface area (Å²) < 4.78 is 11.0. The average Bonchev–Trinajstić information content (AvgIpc) is 3.34. The van der Waals surface area contributed by atoms with Crippen molar-refractivity contribution >= 4 is 44.7 Å². The molecule has 1 amide bonds. The number of nitrogens with zero attached hydrogens (tertiary/aromatic N) is 1. The Morgan fingerprint density at radius 1 is 1.24 bits per heavy atom. The molecule has 0 aliphatic carbocycles. The Morgan fingerprint density at radius 3 is 2.92 bits per heavy atom. The number of benzene rings is 1. The van der Waals surface area contributed by atoms with E-state index in [1.807, 2.05) is 47.2 Å². The molecule has 4 rings (SSSR count). The van der Waals surface area contributed by atoms with Crippen molar-refractivity contribution in [1.82, 2.24) is 4.98 Å². The van der Waals surface area contributed by atoms with Crippen LogP contribution in [0.15, 0.2) is 51.6 Å². The molecular weight excluding hydrogens is 356 g/mol. The first-order valence-electron chi connectivity index (χ1n) is 7.56. The van der Waals surface area contributed by atoms with Crippen LogP contribution in [0, 0.1) is 0 Å². The number of ether oxygens (including phenoxy) is 1. The second-order valence-corrected chi connectivity index (χ2v) is 7.11. The van der Waals surface area contributed by atoms with Gasteiger partial charge >= 0.3 is 0 Å². The highest BCUT2D eigenvalue weighted by atomic mass is 32.1. The molecule has 0 saturated heterocycles. The van der Waals surface area contributed by atoms with Gasteiger partial charge in [0.1, 0.15) is 5.58 Å². The number of rotatable bonds is 5. The zero-order valence-corrected chi connectivity index (χ0v) is 14.9. The molecule has 3 heterocycles. The molecule has 7 heteroatoms. The van der Waals surface area contributed by atoms with Crippen LogP contribution in [-0.4, -0.2) is 18.0 Å². The maximum Gasteiger partial charge on any atom is 0.293 e. The highest BCUT2D eigenvalue weighted by Crippen LogP contribution is 2.30. The third-order valence-electron chi connectivity index (χ3n) is 3.69. The number of thiophene rings is 1. The van der Waals surface area contributed by atoms with Crippen molar-refractivity contribution in [3.63, 3.8) is 0 Å². The maximum absolute atomic E-state index is 12.7. The molecule has 0 atom stereocenters. The second kappa shape index (κ2) is 6.79. The van der Waals surface area contributed by atoms with E-state index in [0.29, 0.717) is 17.3 Å². The van der Waals surface area contributed by atoms with Crippen LogP contribution >= 0.6 is 22.7 Å². The van der Waals surface area contributed by atoms with Crippen molar-refractivity contribution in [3.05, 3.63) is 58.5 Å². The smallest absolute Gasteiger partial charge is 0.293 e. The maximum atomic E-state index is 12.7. The van der Waals surface area contributed by atoms with Gasteiger partial charge in [-0.3, -0.25) is 10.1 Å². The van der Waals surface area contributed by atoms with Crippen molar-refractivity contribution in [2.45, 2.75) is 6.61 Å². The van der Waals surface area contributed by atoms with Crippen molar-refractivity contribution < 1.29 is 13.9 Å². The number of thiazole rings is 1. The average molecular weight is 370 g/mol. The summed E-state index contributed by atoms with van der Waals surface area (Å²) in [6.45, 7) is 0.304. The largest absolute Gasteiger partial charge is 0.451 e. The minimum Gasteiger partial charge on any atom is -0.451 e. The predicted molar refractivity (Wildman–Crippen MR) is 100 cm³/mol. The van der Waals surface area contributed by atoms with Gasteiger partial charge in [-0.15, -0.1) is 22.7 Å². The Labute approximate surface area is 151 Å². The molecular formula is C18H14N2O3S2. The van der Waals surface area contributed by atoms with Gasteiger partial charge in [0, 0.05) is 23.4 Å². The fourth-order valence-electron chi connectivity index (χ4n) is 2.59. The summed E-state index contributed by atoms with van der Waals surface area (Å²) in [5.74, 6) is -0.0637. The molecule has 0 radical (unpaired) electrons. The summed E-state index contributed by atoms with van der Waals surface area (Å²) in [5.41, 5.74) is 2.26. The Hall–Kier alpha value is -2.48. The SMILES string of the molecule is COCc1c(C(=O)Nc2nc(-c3cccs3)cs2)oc2ccccc12. The van der Waals surface area contributed by atoms with E-state index in [4.69, 9.17) is 9.15 Å². The monoisotopic (exact) mass is 370 g/mol. The second-order valence-electron chi connectivity index (χ2n) is 5.31. The number of fused-ring (bicyclic) bond motifs is 1. The van der Waals surface area contributed by atoms with Gasteiger partial charge in [0.15, 0.2) is 10.9 Å². The number of amides is 1. The Kier molecular flexibility index (Phi) is 4.35. The Bertz CT molecular complexity index is 1020. The van der Waals surface area contributed by atoms with E-state index in [1.165, 1.54) is 11.3 Å². The van der Waals surface area contributed by atoms with Gasteiger partial charge in [0.25, 0.3) is 5.91 Å². The van der Waals surface area contributed by atoms with Crippen molar-refractivity contribution in [2.24, 2.45) is 0 Å². The fourth-order valence-corrected chi connectivity index (χ4v) is 4.06. The number of carbonyl (C=O) groups excluding carboxylic acids is 1. The molecule has 0 spiro atoms. The van der Waals surface area contributed by atoms with Crippen LogP contribution in [0.25, 0.3) is 21.5 Å². The lowest BCUT2D eigenvalue weighted by Gasteiger charge is -2.02. The fraction of sp³-hybridized carbons (Fsp3) is 0.111. The van der Waals surface area contributed by atoms with Gasteiger partial charge in [-0.1, -0.05) is 24.3 Å². The molecule has 0 fully saturated rings. The van der Waals surface area contributed by atoms with Gasteiger partial charge in [-0.05, 0) is 17.5 Å². The van der Waals surface area contributed by atoms with Crippen LogP contribution in [0.1, 0.15) is 16.1 Å². The quantitative estimate of drug-likeness (QED) is 0.536. The summed E-state index contributed by atoms with van der Waals surface area (Å²) in [7, 11) is 1.59. The topological polar surface area (TPSA) is 64.4 Å².